The molecule has 0 aromatic carbocycles. The first-order chi connectivity index (χ1) is 13.5. The quantitative estimate of drug-likeness (QED) is 0.125. The number of amides is 2. The Bertz CT molecular complexity index is 642. The highest BCUT2D eigenvalue weighted by Crippen LogP contribution is 2.28. The van der Waals surface area contributed by atoms with Crippen LogP contribution in [0.25, 0.3) is 0 Å². The molecule has 0 saturated heterocycles. The number of nitrogens with zero attached hydrogens (tertiary/aromatic N) is 2. The fourth-order valence-corrected chi connectivity index (χ4v) is 2.58. The Balaban J connectivity index is 1.70. The summed E-state index contributed by atoms with van der Waals surface area (Å²) >= 11 is 0. The summed E-state index contributed by atoms with van der Waals surface area (Å²) in [5.74, 6) is 12.6. The van der Waals surface area contributed by atoms with Crippen molar-refractivity contribution in [3.63, 3.8) is 0 Å². The van der Waals surface area contributed by atoms with Crippen LogP contribution >= 0.6 is 0 Å². The van der Waals surface area contributed by atoms with Gasteiger partial charge in [-0.25, -0.2) is 21.5 Å². The van der Waals surface area contributed by atoms with Gasteiger partial charge in [-0.1, -0.05) is 6.08 Å². The molecule has 2 unspecified atom stereocenters. The third kappa shape index (κ3) is 8.28. The average molecular weight is 411 g/mol. The minimum absolute atomic E-state index is 0.0302. The van der Waals surface area contributed by atoms with Crippen LogP contribution < -0.4 is 33.4 Å². The van der Waals surface area contributed by atoms with E-state index in [1.165, 1.54) is 5.01 Å². The summed E-state index contributed by atoms with van der Waals surface area (Å²) in [7, 11) is 0. The Hall–Kier alpha value is -2.34. The van der Waals surface area contributed by atoms with Crippen molar-refractivity contribution in [2.75, 3.05) is 13.1 Å². The predicted octanol–water partition coefficient (Wildman–Crippen LogP) is -0.652. The van der Waals surface area contributed by atoms with Gasteiger partial charge in [0.1, 0.15) is 23.9 Å². The van der Waals surface area contributed by atoms with Crippen LogP contribution in [0, 0.1) is 5.92 Å². The molecule has 0 aromatic heterocycles. The fourth-order valence-electron chi connectivity index (χ4n) is 2.58. The van der Waals surface area contributed by atoms with Gasteiger partial charge in [-0.15, -0.1) is 0 Å². The average Bonchev–Trinajstić information content (AvgIpc) is 3.45. The van der Waals surface area contributed by atoms with Crippen LogP contribution in [0.5, 0.6) is 0 Å². The number of dihydropyridines is 1. The van der Waals surface area contributed by atoms with E-state index in [-0.39, 0.29) is 18.0 Å². The van der Waals surface area contributed by atoms with Crippen molar-refractivity contribution in [2.45, 2.75) is 58.1 Å². The molecule has 0 aromatic rings. The zero-order valence-electron chi connectivity index (χ0n) is 17.4. The number of carbonyl (C=O) groups excluding carboxylic acids is 2. The zero-order valence-corrected chi connectivity index (χ0v) is 17.4. The number of allylic oxidation sites excluding steroid dienone is 2. The maximum Gasteiger partial charge on any atom is 0.424 e. The van der Waals surface area contributed by atoms with Gasteiger partial charge in [0.2, 0.25) is 5.91 Å². The Labute approximate surface area is 171 Å². The third-order valence-electron chi connectivity index (χ3n) is 4.20. The predicted molar refractivity (Wildman–Crippen MR) is 109 cm³/mol. The smallest absolute Gasteiger partial charge is 0.424 e. The molecule has 0 bridgehead atoms. The van der Waals surface area contributed by atoms with Crippen LogP contribution in [0.4, 0.5) is 4.79 Å². The molecule has 0 radical (unpaired) electrons. The van der Waals surface area contributed by atoms with Crippen molar-refractivity contribution in [2.24, 2.45) is 23.3 Å². The highest BCUT2D eigenvalue weighted by atomic mass is 16.6. The SMILES string of the molecule is CC(C)(C)OC(=O)N(N)CCCN(N)C1=CC=CC(NC(N)NC(=O)C2CC2)N1. The van der Waals surface area contributed by atoms with Gasteiger partial charge in [0.15, 0.2) is 0 Å². The van der Waals surface area contributed by atoms with Crippen molar-refractivity contribution in [3.05, 3.63) is 24.0 Å². The summed E-state index contributed by atoms with van der Waals surface area (Å²) in [6.45, 7) is 6.10. The third-order valence-corrected chi connectivity index (χ3v) is 4.20. The van der Waals surface area contributed by atoms with E-state index in [0.717, 1.165) is 17.9 Å². The summed E-state index contributed by atoms with van der Waals surface area (Å²) < 4.78 is 5.20. The standard InChI is InChI=1S/C18H34N8O3/c1-18(2,3)29-17(28)26(21)11-5-10-25(20)14-7-4-6-13(22-14)23-16(19)24-15(27)12-8-9-12/h4,6-7,12-13,16,22-23H,5,8-11,19-21H2,1-3H3,(H,24,27). The lowest BCUT2D eigenvalue weighted by Crippen LogP contribution is -2.59. The second-order valence-corrected chi connectivity index (χ2v) is 8.21. The Morgan fingerprint density at radius 3 is 2.62 bits per heavy atom. The molecule has 0 spiro atoms. The second kappa shape index (κ2) is 9.92. The van der Waals surface area contributed by atoms with E-state index in [1.807, 2.05) is 18.2 Å². The minimum atomic E-state index is -0.671. The number of carbonyl (C=O) groups is 2. The highest BCUT2D eigenvalue weighted by Gasteiger charge is 2.30. The lowest BCUT2D eigenvalue weighted by Gasteiger charge is -2.31. The molecule has 2 atom stereocenters. The Kier molecular flexibility index (Phi) is 7.85. The Morgan fingerprint density at radius 1 is 1.31 bits per heavy atom. The number of hydrogen-bond acceptors (Lipinski definition) is 9. The summed E-state index contributed by atoms with van der Waals surface area (Å²) in [5.41, 5.74) is 5.34. The van der Waals surface area contributed by atoms with Gasteiger partial charge in [-0.2, -0.15) is 0 Å². The van der Waals surface area contributed by atoms with Crippen LogP contribution in [-0.4, -0.2) is 53.2 Å². The number of nitrogens with two attached hydrogens (primary N) is 3. The molecule has 1 aliphatic carbocycles. The van der Waals surface area contributed by atoms with Crippen molar-refractivity contribution < 1.29 is 14.3 Å². The van der Waals surface area contributed by atoms with Gasteiger partial charge in [0, 0.05) is 19.0 Å². The normalized spacial score (nSPS) is 19.7. The summed E-state index contributed by atoms with van der Waals surface area (Å²) in [5, 5.41) is 11.5. The van der Waals surface area contributed by atoms with E-state index >= 15 is 0 Å². The molecule has 11 heteroatoms. The van der Waals surface area contributed by atoms with Crippen molar-refractivity contribution in [3.8, 4) is 0 Å². The van der Waals surface area contributed by atoms with Crippen LogP contribution in [0.2, 0.25) is 0 Å². The molecular formula is C18H34N8O3. The molecule has 29 heavy (non-hydrogen) atoms. The molecule has 164 valence electrons. The first kappa shape index (κ1) is 22.9. The zero-order chi connectivity index (χ0) is 21.6. The van der Waals surface area contributed by atoms with Crippen molar-refractivity contribution >= 4 is 12.0 Å². The number of hydrogen-bond donors (Lipinski definition) is 6. The molecule has 2 aliphatic rings. The largest absolute Gasteiger partial charge is 0.443 e. The molecule has 2 amide bonds. The highest BCUT2D eigenvalue weighted by molar-refractivity contribution is 5.81. The molecule has 11 nitrogen and oxygen atoms in total. The first-order valence-electron chi connectivity index (χ1n) is 9.79. The van der Waals surface area contributed by atoms with Crippen LogP contribution in [-0.2, 0) is 9.53 Å². The molecule has 2 rings (SSSR count). The Morgan fingerprint density at radius 2 is 2.00 bits per heavy atom. The number of hydrazine groups is 2. The number of nitrogens with one attached hydrogen (secondary N) is 3. The molecule has 1 heterocycles. The van der Waals surface area contributed by atoms with Crippen molar-refractivity contribution in [1.82, 2.24) is 26.0 Å². The molecule has 1 saturated carbocycles. The van der Waals surface area contributed by atoms with E-state index < -0.39 is 18.0 Å². The van der Waals surface area contributed by atoms with Gasteiger partial charge >= 0.3 is 6.09 Å². The lowest BCUT2D eigenvalue weighted by atomic mass is 10.2. The van der Waals surface area contributed by atoms with Gasteiger partial charge < -0.3 is 15.4 Å². The van der Waals surface area contributed by atoms with Crippen LogP contribution in [0.3, 0.4) is 0 Å². The van der Waals surface area contributed by atoms with E-state index in [4.69, 9.17) is 22.2 Å². The van der Waals surface area contributed by atoms with E-state index in [9.17, 15) is 9.59 Å². The van der Waals surface area contributed by atoms with Crippen molar-refractivity contribution in [1.29, 1.82) is 0 Å². The van der Waals surface area contributed by atoms with Gasteiger partial charge in [-0.05, 0) is 52.2 Å². The second-order valence-electron chi connectivity index (χ2n) is 8.21. The van der Waals surface area contributed by atoms with E-state index in [0.29, 0.717) is 25.3 Å². The van der Waals surface area contributed by atoms with Crippen LogP contribution in [0.1, 0.15) is 40.0 Å². The van der Waals surface area contributed by atoms with E-state index in [2.05, 4.69) is 16.0 Å². The fraction of sp³-hybridized carbons (Fsp3) is 0.667. The summed E-state index contributed by atoms with van der Waals surface area (Å²) in [6.07, 6.45) is 6.38. The van der Waals surface area contributed by atoms with Gasteiger partial charge in [0.25, 0.3) is 0 Å². The topological polar surface area (TPSA) is 164 Å². The van der Waals surface area contributed by atoms with Gasteiger partial charge in [-0.3, -0.25) is 20.9 Å². The minimum Gasteiger partial charge on any atom is -0.443 e. The van der Waals surface area contributed by atoms with Gasteiger partial charge in [0.05, 0.1) is 0 Å². The first-order valence-corrected chi connectivity index (χ1v) is 9.79. The summed E-state index contributed by atoms with van der Waals surface area (Å²) in [4.78, 5) is 23.6. The molecule has 1 aliphatic heterocycles. The number of ether oxygens (including phenoxy) is 1. The lowest BCUT2D eigenvalue weighted by molar-refractivity contribution is -0.123. The van der Waals surface area contributed by atoms with E-state index in [1.54, 1.807) is 20.8 Å². The maximum absolute atomic E-state index is 11.9. The maximum atomic E-state index is 11.9. The monoisotopic (exact) mass is 410 g/mol. The number of rotatable bonds is 9. The molecule has 9 N–H and O–H groups in total. The van der Waals surface area contributed by atoms with Crippen LogP contribution in [0.15, 0.2) is 24.0 Å². The summed E-state index contributed by atoms with van der Waals surface area (Å²) in [6, 6.07) is 0. The molecule has 1 fully saturated rings. The molecular weight excluding hydrogens is 376 g/mol.